The third-order valence-electron chi connectivity index (χ3n) is 2.55. The highest BCUT2D eigenvalue weighted by Crippen LogP contribution is 2.13. The number of rotatable bonds is 4. The highest BCUT2D eigenvalue weighted by molar-refractivity contribution is 6.01. The number of hydrogen-bond donors (Lipinski definition) is 1. The molecule has 1 N–H and O–H groups in total. The second-order valence-corrected chi connectivity index (χ2v) is 3.90. The third-order valence-corrected chi connectivity index (χ3v) is 2.55. The van der Waals surface area contributed by atoms with Gasteiger partial charge in [-0.05, 0) is 30.7 Å². The molecule has 2 rings (SSSR count). The molecule has 0 bridgehead atoms. The summed E-state index contributed by atoms with van der Waals surface area (Å²) < 4.78 is 10.3. The van der Waals surface area contributed by atoms with Crippen molar-refractivity contribution in [2.24, 2.45) is 0 Å². The molecule has 0 spiro atoms. The number of nitrogens with one attached hydrogen (secondary N) is 1. The summed E-state index contributed by atoms with van der Waals surface area (Å²) >= 11 is 0. The first-order valence-corrected chi connectivity index (χ1v) is 5.67. The van der Waals surface area contributed by atoms with Gasteiger partial charge in [-0.15, -0.1) is 0 Å². The fourth-order valence-corrected chi connectivity index (χ4v) is 1.49. The minimum atomic E-state index is -0.463. The zero-order chi connectivity index (χ0) is 13.7. The average molecular weight is 256 g/mol. The number of hydrogen-bond acceptors (Lipinski definition) is 4. The molecule has 0 aliphatic heterocycles. The molecule has 5 heteroatoms. The van der Waals surface area contributed by atoms with Crippen LogP contribution in [0.5, 0.6) is 0 Å². The second kappa shape index (κ2) is 5.74. The molecule has 0 saturated carbocycles. The summed E-state index contributed by atoms with van der Waals surface area (Å²) in [5, 5.41) is 11.6. The van der Waals surface area contributed by atoms with Crippen molar-refractivity contribution < 1.29 is 13.6 Å². The first-order chi connectivity index (χ1) is 9.20. The summed E-state index contributed by atoms with van der Waals surface area (Å²) in [7, 11) is 0. The molecular formula is C14H12N2O3. The maximum atomic E-state index is 11.8. The summed E-state index contributed by atoms with van der Waals surface area (Å²) in [4.78, 5) is 11.8. The molecule has 19 heavy (non-hydrogen) atoms. The Hall–Kier alpha value is -2.74. The van der Waals surface area contributed by atoms with Gasteiger partial charge in [0.15, 0.2) is 0 Å². The fraction of sp³-hybridized carbons (Fsp3) is 0.143. The quantitative estimate of drug-likeness (QED) is 0.673. The monoisotopic (exact) mass is 256 g/mol. The van der Waals surface area contributed by atoms with Crippen LogP contribution in [0.3, 0.4) is 0 Å². The van der Waals surface area contributed by atoms with Crippen LogP contribution < -0.4 is 5.32 Å². The van der Waals surface area contributed by atoms with Crippen molar-refractivity contribution in [3.8, 4) is 6.07 Å². The zero-order valence-corrected chi connectivity index (χ0v) is 10.3. The number of nitriles is 1. The largest absolute Gasteiger partial charge is 0.467 e. The SMILES string of the molecule is Cc1ccoc1/C=C(/C#N)C(=O)NCc1ccco1. The lowest BCUT2D eigenvalue weighted by molar-refractivity contribution is -0.117. The topological polar surface area (TPSA) is 79.2 Å². The maximum absolute atomic E-state index is 11.8. The number of amides is 1. The van der Waals surface area contributed by atoms with E-state index in [1.54, 1.807) is 18.2 Å². The maximum Gasteiger partial charge on any atom is 0.262 e. The smallest absolute Gasteiger partial charge is 0.262 e. The Balaban J connectivity index is 2.06. The number of aryl methyl sites for hydroxylation is 1. The minimum absolute atomic E-state index is 0.00962. The molecule has 0 aliphatic rings. The van der Waals surface area contributed by atoms with E-state index in [1.807, 2.05) is 13.0 Å². The summed E-state index contributed by atoms with van der Waals surface area (Å²) in [5.74, 6) is 0.666. The normalized spacial score (nSPS) is 11.1. The molecule has 2 aromatic rings. The standard InChI is InChI=1S/C14H12N2O3/c1-10-4-6-19-13(10)7-11(8-15)14(17)16-9-12-3-2-5-18-12/h2-7H,9H2,1H3,(H,16,17)/b11-7-. The van der Waals surface area contributed by atoms with Crippen molar-refractivity contribution in [1.29, 1.82) is 5.26 Å². The second-order valence-electron chi connectivity index (χ2n) is 3.90. The molecule has 0 unspecified atom stereocenters. The van der Waals surface area contributed by atoms with Gasteiger partial charge in [-0.2, -0.15) is 5.26 Å². The molecule has 0 atom stereocenters. The van der Waals surface area contributed by atoms with E-state index in [9.17, 15) is 4.79 Å². The molecule has 0 radical (unpaired) electrons. The van der Waals surface area contributed by atoms with Crippen molar-refractivity contribution in [1.82, 2.24) is 5.32 Å². The first kappa shape index (κ1) is 12.7. The van der Waals surface area contributed by atoms with E-state index in [-0.39, 0.29) is 12.1 Å². The van der Waals surface area contributed by atoms with E-state index in [1.165, 1.54) is 18.6 Å². The lowest BCUT2D eigenvalue weighted by Crippen LogP contribution is -2.23. The van der Waals surface area contributed by atoms with Crippen LogP contribution in [0.2, 0.25) is 0 Å². The Kier molecular flexibility index (Phi) is 3.84. The lowest BCUT2D eigenvalue weighted by atomic mass is 10.2. The number of carbonyl (C=O) groups is 1. The van der Waals surface area contributed by atoms with E-state index >= 15 is 0 Å². The molecule has 96 valence electrons. The predicted molar refractivity (Wildman–Crippen MR) is 67.6 cm³/mol. The third kappa shape index (κ3) is 3.13. The van der Waals surface area contributed by atoms with E-state index < -0.39 is 5.91 Å². The van der Waals surface area contributed by atoms with Gasteiger partial charge in [-0.3, -0.25) is 4.79 Å². The lowest BCUT2D eigenvalue weighted by Gasteiger charge is -2.01. The summed E-state index contributed by atoms with van der Waals surface area (Å²) in [6.07, 6.45) is 4.46. The Morgan fingerprint density at radius 3 is 2.84 bits per heavy atom. The van der Waals surface area contributed by atoms with Gasteiger partial charge in [-0.1, -0.05) is 0 Å². The fourth-order valence-electron chi connectivity index (χ4n) is 1.49. The van der Waals surface area contributed by atoms with E-state index in [4.69, 9.17) is 14.1 Å². The first-order valence-electron chi connectivity index (χ1n) is 5.67. The number of furan rings is 2. The van der Waals surface area contributed by atoms with Gasteiger partial charge in [0.05, 0.1) is 19.1 Å². The van der Waals surface area contributed by atoms with Crippen LogP contribution in [-0.4, -0.2) is 5.91 Å². The van der Waals surface area contributed by atoms with Crippen molar-refractivity contribution in [3.63, 3.8) is 0 Å². The van der Waals surface area contributed by atoms with Crippen molar-refractivity contribution >= 4 is 12.0 Å². The zero-order valence-electron chi connectivity index (χ0n) is 10.3. The van der Waals surface area contributed by atoms with Crippen LogP contribution in [0.1, 0.15) is 17.1 Å². The number of nitrogens with zero attached hydrogens (tertiary/aromatic N) is 1. The highest BCUT2D eigenvalue weighted by Gasteiger charge is 2.11. The van der Waals surface area contributed by atoms with Gasteiger partial charge < -0.3 is 14.2 Å². The summed E-state index contributed by atoms with van der Waals surface area (Å²) in [6, 6.07) is 7.10. The van der Waals surface area contributed by atoms with E-state index in [0.717, 1.165) is 5.56 Å². The predicted octanol–water partition coefficient (Wildman–Crippen LogP) is 2.40. The van der Waals surface area contributed by atoms with Gasteiger partial charge in [0.25, 0.3) is 5.91 Å². The van der Waals surface area contributed by atoms with Gasteiger partial charge >= 0.3 is 0 Å². The Morgan fingerprint density at radius 1 is 1.42 bits per heavy atom. The number of carbonyl (C=O) groups excluding carboxylic acids is 1. The highest BCUT2D eigenvalue weighted by atomic mass is 16.3. The van der Waals surface area contributed by atoms with Crippen LogP contribution in [-0.2, 0) is 11.3 Å². The molecule has 1 amide bonds. The molecule has 2 heterocycles. The Labute approximate surface area is 110 Å². The van der Waals surface area contributed by atoms with Crippen LogP contribution in [0.4, 0.5) is 0 Å². The van der Waals surface area contributed by atoms with E-state index in [0.29, 0.717) is 11.5 Å². The molecule has 5 nitrogen and oxygen atoms in total. The average Bonchev–Trinajstić information content (AvgIpc) is 3.05. The Bertz CT molecular complexity index is 630. The molecular weight excluding hydrogens is 244 g/mol. The molecule has 0 aromatic carbocycles. The van der Waals surface area contributed by atoms with Gasteiger partial charge in [-0.25, -0.2) is 0 Å². The van der Waals surface area contributed by atoms with Gasteiger partial charge in [0.1, 0.15) is 23.2 Å². The van der Waals surface area contributed by atoms with Gasteiger partial charge in [0.2, 0.25) is 0 Å². The molecule has 0 fully saturated rings. The van der Waals surface area contributed by atoms with Crippen molar-refractivity contribution in [3.05, 3.63) is 53.4 Å². The molecule has 0 aliphatic carbocycles. The molecule has 2 aromatic heterocycles. The van der Waals surface area contributed by atoms with Crippen LogP contribution >= 0.6 is 0 Å². The van der Waals surface area contributed by atoms with Crippen molar-refractivity contribution in [2.45, 2.75) is 13.5 Å². The van der Waals surface area contributed by atoms with Crippen LogP contribution in [0.25, 0.3) is 6.08 Å². The van der Waals surface area contributed by atoms with E-state index in [2.05, 4.69) is 5.32 Å². The van der Waals surface area contributed by atoms with Crippen LogP contribution in [0.15, 0.2) is 45.1 Å². The van der Waals surface area contributed by atoms with Crippen LogP contribution in [0, 0.1) is 18.3 Å². The summed E-state index contributed by atoms with van der Waals surface area (Å²) in [5.41, 5.74) is 0.858. The van der Waals surface area contributed by atoms with Gasteiger partial charge in [0, 0.05) is 6.08 Å². The summed E-state index contributed by atoms with van der Waals surface area (Å²) in [6.45, 7) is 2.08. The molecule has 0 saturated heterocycles. The Morgan fingerprint density at radius 2 is 2.26 bits per heavy atom. The minimum Gasteiger partial charge on any atom is -0.467 e. The van der Waals surface area contributed by atoms with Crippen molar-refractivity contribution in [2.75, 3.05) is 0 Å².